The molecule has 1 amide bonds. The first-order chi connectivity index (χ1) is 12.2. The topological polar surface area (TPSA) is 67.3 Å². The van der Waals surface area contributed by atoms with Crippen LogP contribution in [0.3, 0.4) is 0 Å². The van der Waals surface area contributed by atoms with Crippen LogP contribution in [0, 0.1) is 6.92 Å². The number of aryl methyl sites for hydroxylation is 1. The molecule has 1 saturated heterocycles. The molecule has 0 atom stereocenters. The molecule has 0 spiro atoms. The molecule has 0 bridgehead atoms. The van der Waals surface area contributed by atoms with E-state index >= 15 is 0 Å². The second-order valence-corrected chi connectivity index (χ2v) is 7.99. The first kappa shape index (κ1) is 20.4. The summed E-state index contributed by atoms with van der Waals surface area (Å²) in [5.41, 5.74) is 1.57. The van der Waals surface area contributed by atoms with E-state index in [0.717, 1.165) is 38.0 Å². The van der Waals surface area contributed by atoms with Gasteiger partial charge in [-0.1, -0.05) is 13.0 Å². The van der Waals surface area contributed by atoms with Gasteiger partial charge in [0, 0.05) is 18.6 Å². The van der Waals surface area contributed by atoms with E-state index in [4.69, 9.17) is 4.74 Å². The molecule has 0 saturated carbocycles. The Morgan fingerprint density at radius 1 is 1.38 bits per heavy atom. The lowest BCUT2D eigenvalue weighted by atomic mass is 10.0. The fourth-order valence-corrected chi connectivity index (χ4v) is 2.93. The molecular formula is C20H32N4O2. The number of ether oxygens (including phenoxy) is 1. The summed E-state index contributed by atoms with van der Waals surface area (Å²) in [5.74, 6) is 0.360. The van der Waals surface area contributed by atoms with E-state index in [2.05, 4.69) is 27.2 Å². The van der Waals surface area contributed by atoms with Crippen LogP contribution >= 0.6 is 0 Å². The quantitative estimate of drug-likeness (QED) is 0.818. The van der Waals surface area contributed by atoms with Gasteiger partial charge in [0.05, 0.1) is 17.5 Å². The van der Waals surface area contributed by atoms with Crippen molar-refractivity contribution >= 4 is 11.5 Å². The van der Waals surface area contributed by atoms with Crippen molar-refractivity contribution in [2.24, 2.45) is 0 Å². The number of carbonyl (C=O) groups excluding carboxylic acids is 1. The molecule has 1 aliphatic heterocycles. The Morgan fingerprint density at radius 3 is 2.62 bits per heavy atom. The Bertz CT molecular complexity index is 656. The molecule has 6 heteroatoms. The molecule has 0 unspecified atom stereocenters. The number of allylic oxidation sites excluding steroid dienone is 1. The zero-order valence-corrected chi connectivity index (χ0v) is 16.9. The third kappa shape index (κ3) is 5.80. The van der Waals surface area contributed by atoms with E-state index in [0.29, 0.717) is 17.1 Å². The van der Waals surface area contributed by atoms with Gasteiger partial charge in [-0.05, 0) is 54.0 Å². The number of piperidine rings is 1. The van der Waals surface area contributed by atoms with Gasteiger partial charge in [-0.3, -0.25) is 9.78 Å². The zero-order valence-electron chi connectivity index (χ0n) is 16.9. The third-order valence-corrected chi connectivity index (χ3v) is 4.28. The van der Waals surface area contributed by atoms with Crippen molar-refractivity contribution in [3.63, 3.8) is 0 Å². The monoisotopic (exact) mass is 360 g/mol. The Hall–Kier alpha value is -1.95. The van der Waals surface area contributed by atoms with Gasteiger partial charge in [0.1, 0.15) is 11.8 Å². The Morgan fingerprint density at radius 2 is 2.04 bits per heavy atom. The molecule has 2 rings (SSSR count). The van der Waals surface area contributed by atoms with Crippen LogP contribution in [-0.2, 0) is 4.79 Å². The molecule has 1 aromatic rings. The number of likely N-dealkylation sites (tertiary alicyclic amines) is 1. The molecule has 0 aromatic carbocycles. The molecule has 26 heavy (non-hydrogen) atoms. The third-order valence-electron chi connectivity index (χ3n) is 4.28. The van der Waals surface area contributed by atoms with E-state index in [1.165, 1.54) is 0 Å². The molecule has 144 valence electrons. The smallest absolute Gasteiger partial charge is 0.253 e. The summed E-state index contributed by atoms with van der Waals surface area (Å²) in [6.07, 6.45) is 6.40. The van der Waals surface area contributed by atoms with Crippen molar-refractivity contribution in [3.05, 3.63) is 23.7 Å². The van der Waals surface area contributed by atoms with Gasteiger partial charge in [0.15, 0.2) is 0 Å². The highest BCUT2D eigenvalue weighted by molar-refractivity contribution is 6.19. The lowest BCUT2D eigenvalue weighted by Gasteiger charge is -2.29. The van der Waals surface area contributed by atoms with E-state index in [1.807, 2.05) is 40.7 Å². The number of nitrogens with zero attached hydrogens (tertiary/aromatic N) is 3. The molecule has 0 aliphatic carbocycles. The van der Waals surface area contributed by atoms with Gasteiger partial charge in [0.25, 0.3) is 5.91 Å². The van der Waals surface area contributed by atoms with Crippen LogP contribution in [0.25, 0.3) is 5.57 Å². The van der Waals surface area contributed by atoms with Gasteiger partial charge < -0.3 is 15.0 Å². The van der Waals surface area contributed by atoms with E-state index < -0.39 is 0 Å². The fraction of sp³-hybridized carbons (Fsp3) is 0.650. The fourth-order valence-electron chi connectivity index (χ4n) is 2.93. The minimum atomic E-state index is -0.312. The van der Waals surface area contributed by atoms with Gasteiger partial charge >= 0.3 is 0 Å². The second-order valence-electron chi connectivity index (χ2n) is 7.99. The van der Waals surface area contributed by atoms with Crippen LogP contribution in [-0.4, -0.2) is 52.6 Å². The number of rotatable bonds is 5. The molecule has 1 fully saturated rings. The average molecular weight is 361 g/mol. The van der Waals surface area contributed by atoms with Crippen LogP contribution in [0.4, 0.5) is 0 Å². The van der Waals surface area contributed by atoms with Gasteiger partial charge in [-0.15, -0.1) is 0 Å². The Balaban J connectivity index is 2.23. The lowest BCUT2D eigenvalue weighted by Crippen LogP contribution is -2.41. The van der Waals surface area contributed by atoms with E-state index in [-0.39, 0.29) is 17.6 Å². The molecule has 2 heterocycles. The summed E-state index contributed by atoms with van der Waals surface area (Å²) in [6, 6.07) is 0. The van der Waals surface area contributed by atoms with E-state index in [9.17, 15) is 4.79 Å². The molecule has 1 aromatic heterocycles. The summed E-state index contributed by atoms with van der Waals surface area (Å²) in [7, 11) is 2.12. The van der Waals surface area contributed by atoms with Crippen molar-refractivity contribution in [1.29, 1.82) is 0 Å². The lowest BCUT2D eigenvalue weighted by molar-refractivity contribution is -0.116. The van der Waals surface area contributed by atoms with Crippen molar-refractivity contribution in [2.75, 3.05) is 20.1 Å². The second kappa shape index (κ2) is 8.62. The highest BCUT2D eigenvalue weighted by atomic mass is 16.5. The van der Waals surface area contributed by atoms with Gasteiger partial charge in [-0.2, -0.15) is 0 Å². The highest BCUT2D eigenvalue weighted by Crippen LogP contribution is 2.22. The van der Waals surface area contributed by atoms with Gasteiger partial charge in [-0.25, -0.2) is 4.98 Å². The summed E-state index contributed by atoms with van der Waals surface area (Å²) in [4.78, 5) is 24.1. The molecular weight excluding hydrogens is 328 g/mol. The van der Waals surface area contributed by atoms with Crippen LogP contribution in [0.1, 0.15) is 58.3 Å². The number of carbonyl (C=O) groups is 1. The first-order valence-electron chi connectivity index (χ1n) is 9.41. The predicted octanol–water partition coefficient (Wildman–Crippen LogP) is 2.97. The summed E-state index contributed by atoms with van der Waals surface area (Å²) >= 11 is 0. The standard InChI is InChI=1S/C20H32N4O2/c1-7-8-16(19(25)23-20(3,4)5)18-14(2)21-13-17(22-18)26-15-9-11-24(6)12-10-15/h8,13,15H,7,9-12H2,1-6H3,(H,23,25)/b16-8+. The Kier molecular flexibility index (Phi) is 6.75. The predicted molar refractivity (Wildman–Crippen MR) is 104 cm³/mol. The minimum absolute atomic E-state index is 0.131. The summed E-state index contributed by atoms with van der Waals surface area (Å²) in [6.45, 7) is 11.8. The summed E-state index contributed by atoms with van der Waals surface area (Å²) in [5, 5.41) is 3.01. The molecule has 1 aliphatic rings. The average Bonchev–Trinajstić information content (AvgIpc) is 2.55. The zero-order chi connectivity index (χ0) is 19.3. The maximum Gasteiger partial charge on any atom is 0.253 e. The molecule has 0 radical (unpaired) electrons. The Labute approximate surface area is 157 Å². The maximum absolute atomic E-state index is 12.7. The summed E-state index contributed by atoms with van der Waals surface area (Å²) < 4.78 is 6.05. The minimum Gasteiger partial charge on any atom is -0.473 e. The van der Waals surface area contributed by atoms with Crippen LogP contribution in [0.15, 0.2) is 12.3 Å². The number of nitrogens with one attached hydrogen (secondary N) is 1. The van der Waals surface area contributed by atoms with Crippen LogP contribution in [0.5, 0.6) is 5.88 Å². The number of aromatic nitrogens is 2. The number of hydrogen-bond acceptors (Lipinski definition) is 5. The maximum atomic E-state index is 12.7. The van der Waals surface area contributed by atoms with Crippen molar-refractivity contribution in [3.8, 4) is 5.88 Å². The molecule has 1 N–H and O–H groups in total. The van der Waals surface area contributed by atoms with Crippen molar-refractivity contribution < 1.29 is 9.53 Å². The molecule has 6 nitrogen and oxygen atoms in total. The van der Waals surface area contributed by atoms with Crippen LogP contribution < -0.4 is 10.1 Å². The number of hydrogen-bond donors (Lipinski definition) is 1. The number of amides is 1. The van der Waals surface area contributed by atoms with Crippen molar-refractivity contribution in [1.82, 2.24) is 20.2 Å². The van der Waals surface area contributed by atoms with E-state index in [1.54, 1.807) is 6.20 Å². The van der Waals surface area contributed by atoms with Gasteiger partial charge in [0.2, 0.25) is 5.88 Å². The van der Waals surface area contributed by atoms with Crippen molar-refractivity contribution in [2.45, 2.75) is 65.5 Å². The SMILES string of the molecule is CC/C=C(/C(=O)NC(C)(C)C)c1nc(OC2CCN(C)CC2)cnc1C. The normalized spacial score (nSPS) is 17.2. The van der Waals surface area contributed by atoms with Crippen LogP contribution in [0.2, 0.25) is 0 Å². The first-order valence-corrected chi connectivity index (χ1v) is 9.41. The largest absolute Gasteiger partial charge is 0.473 e. The highest BCUT2D eigenvalue weighted by Gasteiger charge is 2.23.